The van der Waals surface area contributed by atoms with Crippen LogP contribution in [0.5, 0.6) is 0 Å². The SMILES string of the molecule is CC/C=C\C/C=C\CCCCC(=O)OCC(COC(=O)CCCCC/C=C\C=C/CCCC)OC(=O)CCCCCCCCCCCCC. The Morgan fingerprint density at radius 3 is 1.45 bits per heavy atom. The minimum atomic E-state index is -0.789. The predicted octanol–water partition coefficient (Wildman–Crippen LogP) is 12.4. The second kappa shape index (κ2) is 38.2. The van der Waals surface area contributed by atoms with Gasteiger partial charge in [0.05, 0.1) is 0 Å². The molecule has 6 nitrogen and oxygen atoms in total. The van der Waals surface area contributed by atoms with E-state index in [2.05, 4.69) is 69.4 Å². The fraction of sp³-hybridized carbons (Fsp3) is 0.744. The summed E-state index contributed by atoms with van der Waals surface area (Å²) in [6.45, 7) is 6.37. The Hall–Kier alpha value is -2.63. The molecule has 0 aromatic rings. The third kappa shape index (κ3) is 36.5. The molecule has 0 aliphatic heterocycles. The molecule has 6 heteroatoms. The summed E-state index contributed by atoms with van der Waals surface area (Å²) in [4.78, 5) is 37.4. The van der Waals surface area contributed by atoms with Crippen molar-refractivity contribution in [3.8, 4) is 0 Å². The van der Waals surface area contributed by atoms with Crippen molar-refractivity contribution in [2.24, 2.45) is 0 Å². The average molecular weight is 687 g/mol. The van der Waals surface area contributed by atoms with E-state index in [1.807, 2.05) is 0 Å². The zero-order valence-electron chi connectivity index (χ0n) is 31.9. The molecule has 0 amide bonds. The summed E-state index contributed by atoms with van der Waals surface area (Å²) in [5.41, 5.74) is 0. The van der Waals surface area contributed by atoms with Crippen LogP contribution in [-0.4, -0.2) is 37.2 Å². The van der Waals surface area contributed by atoms with Crippen molar-refractivity contribution in [1.82, 2.24) is 0 Å². The van der Waals surface area contributed by atoms with Crippen molar-refractivity contribution >= 4 is 17.9 Å². The van der Waals surface area contributed by atoms with E-state index < -0.39 is 6.10 Å². The van der Waals surface area contributed by atoms with Crippen LogP contribution >= 0.6 is 0 Å². The van der Waals surface area contributed by atoms with Crippen LogP contribution in [0.25, 0.3) is 0 Å². The quantitative estimate of drug-likeness (QED) is 0.0217. The number of rotatable bonds is 35. The van der Waals surface area contributed by atoms with Gasteiger partial charge in [-0.2, -0.15) is 0 Å². The fourth-order valence-electron chi connectivity index (χ4n) is 5.28. The molecule has 0 heterocycles. The van der Waals surface area contributed by atoms with E-state index in [-0.39, 0.29) is 31.1 Å². The topological polar surface area (TPSA) is 78.9 Å². The maximum atomic E-state index is 12.6. The first kappa shape index (κ1) is 46.4. The van der Waals surface area contributed by atoms with Gasteiger partial charge in [0.15, 0.2) is 6.10 Å². The van der Waals surface area contributed by atoms with Crippen LogP contribution in [0.15, 0.2) is 48.6 Å². The van der Waals surface area contributed by atoms with Crippen LogP contribution in [0, 0.1) is 0 Å². The minimum Gasteiger partial charge on any atom is -0.462 e. The van der Waals surface area contributed by atoms with E-state index >= 15 is 0 Å². The van der Waals surface area contributed by atoms with Crippen LogP contribution in [0.3, 0.4) is 0 Å². The molecule has 0 aliphatic rings. The summed E-state index contributed by atoms with van der Waals surface area (Å²) in [6.07, 6.45) is 42.5. The summed E-state index contributed by atoms with van der Waals surface area (Å²) >= 11 is 0. The van der Waals surface area contributed by atoms with Gasteiger partial charge in [0.25, 0.3) is 0 Å². The third-order valence-corrected chi connectivity index (χ3v) is 8.35. The molecule has 0 spiro atoms. The van der Waals surface area contributed by atoms with Crippen molar-refractivity contribution in [1.29, 1.82) is 0 Å². The standard InChI is InChI=1S/C43H74O6/c1-4-7-10-13-16-19-21-24-27-30-33-36-42(45)48-39-40(38-47-41(44)35-32-29-26-23-18-15-12-9-6-3)49-43(46)37-34-31-28-25-22-20-17-14-11-8-5-2/h9,12-13,16,18-19,21,23,40H,4-8,10-11,14-15,17,20,22,24-39H2,1-3H3/b12-9-,16-13-,21-19-,23-18-. The van der Waals surface area contributed by atoms with Gasteiger partial charge in [-0.15, -0.1) is 0 Å². The molecule has 0 aromatic heterocycles. The molecule has 1 unspecified atom stereocenters. The molecule has 1 atom stereocenters. The third-order valence-electron chi connectivity index (χ3n) is 8.35. The van der Waals surface area contributed by atoms with Crippen LogP contribution in [0.2, 0.25) is 0 Å². The smallest absolute Gasteiger partial charge is 0.306 e. The van der Waals surface area contributed by atoms with Crippen LogP contribution in [0.1, 0.15) is 188 Å². The van der Waals surface area contributed by atoms with Gasteiger partial charge in [-0.3, -0.25) is 14.4 Å². The largest absolute Gasteiger partial charge is 0.462 e. The summed E-state index contributed by atoms with van der Waals surface area (Å²) in [7, 11) is 0. The zero-order valence-corrected chi connectivity index (χ0v) is 31.9. The Labute approximate surface area is 301 Å². The highest BCUT2D eigenvalue weighted by molar-refractivity contribution is 5.71. The Bertz CT molecular complexity index is 887. The number of allylic oxidation sites excluding steroid dienone is 8. The van der Waals surface area contributed by atoms with Gasteiger partial charge in [0.1, 0.15) is 13.2 Å². The fourth-order valence-corrected chi connectivity index (χ4v) is 5.28. The number of esters is 3. The molecule has 0 bridgehead atoms. The van der Waals surface area contributed by atoms with Crippen molar-refractivity contribution in [2.45, 2.75) is 194 Å². The highest BCUT2D eigenvalue weighted by Crippen LogP contribution is 2.13. The summed E-state index contributed by atoms with van der Waals surface area (Å²) in [6, 6.07) is 0. The van der Waals surface area contributed by atoms with Gasteiger partial charge in [0.2, 0.25) is 0 Å². The van der Waals surface area contributed by atoms with Gasteiger partial charge in [0, 0.05) is 19.3 Å². The number of hydrogen-bond acceptors (Lipinski definition) is 6. The van der Waals surface area contributed by atoms with Crippen molar-refractivity contribution in [3.63, 3.8) is 0 Å². The van der Waals surface area contributed by atoms with Crippen molar-refractivity contribution in [3.05, 3.63) is 48.6 Å². The van der Waals surface area contributed by atoms with Crippen LogP contribution in [-0.2, 0) is 28.6 Å². The van der Waals surface area contributed by atoms with E-state index in [0.717, 1.165) is 83.5 Å². The maximum Gasteiger partial charge on any atom is 0.306 e. The molecule has 49 heavy (non-hydrogen) atoms. The second-order valence-corrected chi connectivity index (χ2v) is 13.2. The number of ether oxygens (including phenoxy) is 3. The Kier molecular flexibility index (Phi) is 36.1. The molecule has 0 rings (SSSR count). The lowest BCUT2D eigenvalue weighted by molar-refractivity contribution is -0.167. The highest BCUT2D eigenvalue weighted by Gasteiger charge is 2.19. The Morgan fingerprint density at radius 1 is 0.449 bits per heavy atom. The molecule has 0 fully saturated rings. The summed E-state index contributed by atoms with van der Waals surface area (Å²) < 4.78 is 16.5. The molecule has 0 saturated carbocycles. The number of carbonyl (C=O) groups is 3. The molecule has 0 aromatic carbocycles. The Morgan fingerprint density at radius 2 is 0.878 bits per heavy atom. The van der Waals surface area contributed by atoms with Gasteiger partial charge in [-0.05, 0) is 64.2 Å². The summed E-state index contributed by atoms with van der Waals surface area (Å²) in [5, 5.41) is 0. The van der Waals surface area contributed by atoms with Crippen LogP contribution < -0.4 is 0 Å². The van der Waals surface area contributed by atoms with E-state index in [1.165, 1.54) is 64.2 Å². The number of carbonyl (C=O) groups excluding carboxylic acids is 3. The van der Waals surface area contributed by atoms with E-state index in [0.29, 0.717) is 19.3 Å². The van der Waals surface area contributed by atoms with Gasteiger partial charge in [-0.25, -0.2) is 0 Å². The first-order chi connectivity index (χ1) is 24.0. The van der Waals surface area contributed by atoms with Crippen molar-refractivity contribution < 1.29 is 28.6 Å². The maximum absolute atomic E-state index is 12.6. The molecule has 282 valence electrons. The van der Waals surface area contributed by atoms with Gasteiger partial charge < -0.3 is 14.2 Å². The summed E-state index contributed by atoms with van der Waals surface area (Å²) in [5.74, 6) is -0.967. The highest BCUT2D eigenvalue weighted by atomic mass is 16.6. The zero-order chi connectivity index (χ0) is 35.9. The number of unbranched alkanes of at least 4 members (excludes halogenated alkanes) is 17. The van der Waals surface area contributed by atoms with Crippen LogP contribution in [0.4, 0.5) is 0 Å². The average Bonchev–Trinajstić information content (AvgIpc) is 3.10. The monoisotopic (exact) mass is 687 g/mol. The molecule has 0 N–H and O–H groups in total. The number of hydrogen-bond donors (Lipinski definition) is 0. The van der Waals surface area contributed by atoms with E-state index in [4.69, 9.17) is 14.2 Å². The first-order valence-electron chi connectivity index (χ1n) is 20.2. The lowest BCUT2D eigenvalue weighted by Crippen LogP contribution is -2.30. The van der Waals surface area contributed by atoms with Crippen molar-refractivity contribution in [2.75, 3.05) is 13.2 Å². The minimum absolute atomic E-state index is 0.0967. The Balaban J connectivity index is 4.45. The van der Waals surface area contributed by atoms with E-state index in [9.17, 15) is 14.4 Å². The predicted molar refractivity (Wildman–Crippen MR) is 205 cm³/mol. The lowest BCUT2D eigenvalue weighted by Gasteiger charge is -2.18. The molecular formula is C43H74O6. The van der Waals surface area contributed by atoms with Gasteiger partial charge >= 0.3 is 17.9 Å². The normalized spacial score (nSPS) is 12.5. The molecular weight excluding hydrogens is 612 g/mol. The molecule has 0 aliphatic carbocycles. The molecule has 0 radical (unpaired) electrons. The van der Waals surface area contributed by atoms with E-state index in [1.54, 1.807) is 0 Å². The lowest BCUT2D eigenvalue weighted by atomic mass is 10.1. The second-order valence-electron chi connectivity index (χ2n) is 13.2. The first-order valence-corrected chi connectivity index (χ1v) is 20.2. The van der Waals surface area contributed by atoms with Gasteiger partial charge in [-0.1, -0.05) is 153 Å². The molecule has 0 saturated heterocycles.